The Morgan fingerprint density at radius 3 is 2.60 bits per heavy atom. The van der Waals surface area contributed by atoms with Gasteiger partial charge in [-0.2, -0.15) is 0 Å². The highest BCUT2D eigenvalue weighted by Gasteiger charge is 2.09. The lowest BCUT2D eigenvalue weighted by Gasteiger charge is -2.13. The van der Waals surface area contributed by atoms with Crippen LogP contribution in [-0.4, -0.2) is 31.3 Å². The second-order valence-corrected chi connectivity index (χ2v) is 5.76. The maximum atomic E-state index is 12.8. The van der Waals surface area contributed by atoms with Gasteiger partial charge in [0, 0.05) is 13.1 Å². The summed E-state index contributed by atoms with van der Waals surface area (Å²) in [5.74, 6) is 0.457. The van der Waals surface area contributed by atoms with Crippen molar-refractivity contribution in [2.75, 3.05) is 20.2 Å². The number of aliphatic hydroxyl groups is 1. The van der Waals surface area contributed by atoms with Crippen LogP contribution in [0.15, 0.2) is 42.5 Å². The van der Waals surface area contributed by atoms with E-state index in [9.17, 15) is 14.3 Å². The average molecular weight is 346 g/mol. The van der Waals surface area contributed by atoms with Crippen LogP contribution >= 0.6 is 0 Å². The Labute approximate surface area is 146 Å². The Balaban J connectivity index is 1.72. The van der Waals surface area contributed by atoms with Crippen LogP contribution in [0.4, 0.5) is 9.18 Å². The minimum atomic E-state index is -0.882. The molecule has 0 aliphatic rings. The molecule has 0 saturated carbocycles. The Hall–Kier alpha value is -2.60. The fourth-order valence-corrected chi connectivity index (χ4v) is 2.39. The van der Waals surface area contributed by atoms with E-state index in [1.165, 1.54) is 24.3 Å². The summed E-state index contributed by atoms with van der Waals surface area (Å²) < 4.78 is 18.1. The molecule has 0 aromatic heterocycles. The molecule has 2 aromatic carbocycles. The number of aryl methyl sites for hydroxylation is 1. The molecule has 6 heteroatoms. The first-order chi connectivity index (χ1) is 12.0. The van der Waals surface area contributed by atoms with Gasteiger partial charge in [-0.25, -0.2) is 9.18 Å². The van der Waals surface area contributed by atoms with Crippen molar-refractivity contribution in [2.45, 2.75) is 19.4 Å². The van der Waals surface area contributed by atoms with Crippen molar-refractivity contribution in [3.63, 3.8) is 0 Å². The van der Waals surface area contributed by atoms with Crippen LogP contribution in [0.5, 0.6) is 5.75 Å². The van der Waals surface area contributed by atoms with Crippen molar-refractivity contribution in [1.82, 2.24) is 10.6 Å². The van der Waals surface area contributed by atoms with Crippen molar-refractivity contribution in [3.05, 3.63) is 65.0 Å². The summed E-state index contributed by atoms with van der Waals surface area (Å²) in [6.07, 6.45) is -0.211. The lowest BCUT2D eigenvalue weighted by Crippen LogP contribution is -2.38. The number of amides is 2. The number of carbonyl (C=O) groups excluding carboxylic acids is 1. The third kappa shape index (κ3) is 5.76. The normalized spacial score (nSPS) is 11.7. The van der Waals surface area contributed by atoms with Crippen LogP contribution < -0.4 is 15.4 Å². The van der Waals surface area contributed by atoms with Crippen LogP contribution in [0.1, 0.15) is 22.8 Å². The molecule has 5 nitrogen and oxygen atoms in total. The van der Waals surface area contributed by atoms with E-state index in [4.69, 9.17) is 4.74 Å². The Kier molecular flexibility index (Phi) is 6.77. The molecule has 0 fully saturated rings. The largest absolute Gasteiger partial charge is 0.496 e. The zero-order valence-electron chi connectivity index (χ0n) is 14.4. The van der Waals surface area contributed by atoms with Crippen molar-refractivity contribution < 1.29 is 19.0 Å². The minimum absolute atomic E-state index is 0.0514. The van der Waals surface area contributed by atoms with E-state index in [0.717, 1.165) is 16.9 Å². The number of methoxy groups -OCH3 is 1. The summed E-state index contributed by atoms with van der Waals surface area (Å²) >= 11 is 0. The van der Waals surface area contributed by atoms with Gasteiger partial charge in [0.2, 0.25) is 0 Å². The highest BCUT2D eigenvalue weighted by Crippen LogP contribution is 2.19. The molecule has 0 spiro atoms. The standard InChI is InChI=1S/C19H23FN2O3/c1-13-3-4-14(11-18(13)25-2)9-10-21-19(24)22-12-17(23)15-5-7-16(20)8-6-15/h3-8,11,17,23H,9-10,12H2,1-2H3,(H2,21,22,24). The summed E-state index contributed by atoms with van der Waals surface area (Å²) in [7, 11) is 1.63. The summed E-state index contributed by atoms with van der Waals surface area (Å²) in [5, 5.41) is 15.3. The number of urea groups is 1. The minimum Gasteiger partial charge on any atom is -0.496 e. The second kappa shape index (κ2) is 9.03. The van der Waals surface area contributed by atoms with Crippen molar-refractivity contribution in [2.24, 2.45) is 0 Å². The maximum Gasteiger partial charge on any atom is 0.314 e. The molecule has 0 bridgehead atoms. The van der Waals surface area contributed by atoms with Gasteiger partial charge in [0.05, 0.1) is 13.2 Å². The van der Waals surface area contributed by atoms with Gasteiger partial charge >= 0.3 is 6.03 Å². The van der Waals surface area contributed by atoms with Gasteiger partial charge in [-0.1, -0.05) is 24.3 Å². The van der Waals surface area contributed by atoms with Crippen molar-refractivity contribution >= 4 is 6.03 Å². The number of hydrogen-bond acceptors (Lipinski definition) is 3. The number of carbonyl (C=O) groups is 1. The molecule has 2 rings (SSSR count). The molecule has 0 radical (unpaired) electrons. The molecule has 0 aliphatic heterocycles. The Bertz CT molecular complexity index is 704. The molecule has 3 N–H and O–H groups in total. The molecule has 134 valence electrons. The maximum absolute atomic E-state index is 12.8. The molecule has 1 unspecified atom stereocenters. The van der Waals surface area contributed by atoms with E-state index < -0.39 is 6.10 Å². The lowest BCUT2D eigenvalue weighted by atomic mass is 10.1. The van der Waals surface area contributed by atoms with Crippen molar-refractivity contribution in [1.29, 1.82) is 0 Å². The predicted octanol–water partition coefficient (Wildman–Crippen LogP) is 2.72. The van der Waals surface area contributed by atoms with Crippen LogP contribution in [-0.2, 0) is 6.42 Å². The van der Waals surface area contributed by atoms with E-state index in [0.29, 0.717) is 18.5 Å². The quantitative estimate of drug-likeness (QED) is 0.722. The van der Waals surface area contributed by atoms with Gasteiger partial charge in [0.15, 0.2) is 0 Å². The summed E-state index contributed by atoms with van der Waals surface area (Å²) in [6.45, 7) is 2.49. The number of hydrogen-bond donors (Lipinski definition) is 3. The molecule has 0 aliphatic carbocycles. The molecule has 0 saturated heterocycles. The second-order valence-electron chi connectivity index (χ2n) is 5.76. The zero-order valence-corrected chi connectivity index (χ0v) is 14.4. The number of rotatable bonds is 7. The average Bonchev–Trinajstić information content (AvgIpc) is 2.61. The third-order valence-corrected chi connectivity index (χ3v) is 3.88. The molecule has 1 atom stereocenters. The van der Waals surface area contributed by atoms with Gasteiger partial charge < -0.3 is 20.5 Å². The molecule has 2 amide bonds. The Morgan fingerprint density at radius 1 is 1.20 bits per heavy atom. The highest BCUT2D eigenvalue weighted by atomic mass is 19.1. The number of ether oxygens (including phenoxy) is 1. The van der Waals surface area contributed by atoms with Gasteiger partial charge in [-0.3, -0.25) is 0 Å². The first-order valence-corrected chi connectivity index (χ1v) is 8.08. The van der Waals surface area contributed by atoms with E-state index in [1.54, 1.807) is 7.11 Å². The highest BCUT2D eigenvalue weighted by molar-refractivity contribution is 5.73. The first kappa shape index (κ1) is 18.7. The molecular formula is C19H23FN2O3. The van der Waals surface area contributed by atoms with E-state index in [1.807, 2.05) is 25.1 Å². The number of benzene rings is 2. The molecule has 2 aromatic rings. The lowest BCUT2D eigenvalue weighted by molar-refractivity contribution is 0.173. The summed E-state index contributed by atoms with van der Waals surface area (Å²) in [4.78, 5) is 11.8. The smallest absolute Gasteiger partial charge is 0.314 e. The Morgan fingerprint density at radius 2 is 1.92 bits per heavy atom. The van der Waals surface area contributed by atoms with Crippen LogP contribution in [0.3, 0.4) is 0 Å². The van der Waals surface area contributed by atoms with Crippen LogP contribution in [0, 0.1) is 12.7 Å². The van der Waals surface area contributed by atoms with E-state index in [2.05, 4.69) is 10.6 Å². The fourth-order valence-electron chi connectivity index (χ4n) is 2.39. The van der Waals surface area contributed by atoms with Crippen LogP contribution in [0.2, 0.25) is 0 Å². The summed E-state index contributed by atoms with van der Waals surface area (Å²) in [6, 6.07) is 11.1. The van der Waals surface area contributed by atoms with Gasteiger partial charge in [-0.05, 0) is 48.2 Å². The van der Waals surface area contributed by atoms with Crippen molar-refractivity contribution in [3.8, 4) is 5.75 Å². The number of halogens is 1. The molecular weight excluding hydrogens is 323 g/mol. The first-order valence-electron chi connectivity index (χ1n) is 8.08. The molecule has 25 heavy (non-hydrogen) atoms. The zero-order chi connectivity index (χ0) is 18.2. The number of nitrogens with one attached hydrogen (secondary N) is 2. The molecule has 0 heterocycles. The SMILES string of the molecule is COc1cc(CCNC(=O)NCC(O)c2ccc(F)cc2)ccc1C. The monoisotopic (exact) mass is 346 g/mol. The summed E-state index contributed by atoms with van der Waals surface area (Å²) in [5.41, 5.74) is 2.68. The topological polar surface area (TPSA) is 70.6 Å². The van der Waals surface area contributed by atoms with Gasteiger partial charge in [-0.15, -0.1) is 0 Å². The van der Waals surface area contributed by atoms with E-state index >= 15 is 0 Å². The van der Waals surface area contributed by atoms with Gasteiger partial charge in [0.25, 0.3) is 0 Å². The van der Waals surface area contributed by atoms with Crippen LogP contribution in [0.25, 0.3) is 0 Å². The fraction of sp³-hybridized carbons (Fsp3) is 0.316. The predicted molar refractivity (Wildman–Crippen MR) is 94.2 cm³/mol. The van der Waals surface area contributed by atoms with E-state index in [-0.39, 0.29) is 18.4 Å². The van der Waals surface area contributed by atoms with Gasteiger partial charge in [0.1, 0.15) is 11.6 Å². The third-order valence-electron chi connectivity index (χ3n) is 3.88. The number of aliphatic hydroxyl groups excluding tert-OH is 1.